The molecule has 0 saturated carbocycles. The van der Waals surface area contributed by atoms with Crippen LogP contribution in [-0.2, 0) is 4.79 Å². The Morgan fingerprint density at radius 3 is 2.44 bits per heavy atom. The lowest BCUT2D eigenvalue weighted by Crippen LogP contribution is -2.39. The van der Waals surface area contributed by atoms with Crippen molar-refractivity contribution in [3.05, 3.63) is 34.9 Å². The van der Waals surface area contributed by atoms with Crippen molar-refractivity contribution in [3.63, 3.8) is 0 Å². The molecule has 4 heteroatoms. The summed E-state index contributed by atoms with van der Waals surface area (Å²) in [4.78, 5) is 13.1. The van der Waals surface area contributed by atoms with Crippen molar-refractivity contribution in [2.24, 2.45) is 5.92 Å². The van der Waals surface area contributed by atoms with Crippen LogP contribution in [0.1, 0.15) is 32.4 Å². The van der Waals surface area contributed by atoms with E-state index in [0.717, 1.165) is 5.56 Å². The number of carbonyl (C=O) groups is 1. The van der Waals surface area contributed by atoms with E-state index in [-0.39, 0.29) is 12.1 Å². The van der Waals surface area contributed by atoms with Crippen molar-refractivity contribution >= 4 is 17.6 Å². The van der Waals surface area contributed by atoms with Crippen LogP contribution in [0.3, 0.4) is 0 Å². The van der Waals surface area contributed by atoms with Gasteiger partial charge in [-0.1, -0.05) is 30.7 Å². The van der Waals surface area contributed by atoms with Gasteiger partial charge in [0.25, 0.3) is 0 Å². The van der Waals surface area contributed by atoms with Crippen LogP contribution in [0.25, 0.3) is 0 Å². The second kappa shape index (κ2) is 6.21. The van der Waals surface area contributed by atoms with Crippen molar-refractivity contribution < 1.29 is 9.90 Å². The molecule has 1 N–H and O–H groups in total. The van der Waals surface area contributed by atoms with Crippen LogP contribution in [0.2, 0.25) is 5.02 Å². The highest BCUT2D eigenvalue weighted by atomic mass is 35.5. The van der Waals surface area contributed by atoms with E-state index in [4.69, 9.17) is 16.7 Å². The number of aliphatic carboxylic acids is 1. The first kappa shape index (κ1) is 15.0. The van der Waals surface area contributed by atoms with Crippen molar-refractivity contribution in [1.82, 2.24) is 4.90 Å². The molecule has 1 aromatic carbocycles. The molecule has 1 rings (SSSR count). The Hall–Kier alpha value is -1.06. The maximum absolute atomic E-state index is 11.0. The molecule has 3 unspecified atom stereocenters. The topological polar surface area (TPSA) is 40.5 Å². The van der Waals surface area contributed by atoms with Crippen molar-refractivity contribution in [2.45, 2.75) is 32.9 Å². The summed E-state index contributed by atoms with van der Waals surface area (Å²) in [6.07, 6.45) is 0. The van der Waals surface area contributed by atoms with E-state index in [1.807, 2.05) is 38.2 Å². The second-order valence-corrected chi connectivity index (χ2v) is 5.20. The van der Waals surface area contributed by atoms with Crippen molar-refractivity contribution in [1.29, 1.82) is 0 Å². The molecule has 0 bridgehead atoms. The molecule has 0 aromatic heterocycles. The van der Waals surface area contributed by atoms with Gasteiger partial charge in [0.2, 0.25) is 0 Å². The number of halogens is 1. The molecule has 0 radical (unpaired) electrons. The molecule has 0 spiro atoms. The summed E-state index contributed by atoms with van der Waals surface area (Å²) in [5.74, 6) is -1.18. The Kier molecular flexibility index (Phi) is 5.17. The zero-order chi connectivity index (χ0) is 13.9. The first-order valence-electron chi connectivity index (χ1n) is 6.04. The fourth-order valence-electron chi connectivity index (χ4n) is 1.91. The number of carboxylic acid groups (broad SMARTS) is 1. The smallest absolute Gasteiger partial charge is 0.307 e. The van der Waals surface area contributed by atoms with Gasteiger partial charge < -0.3 is 5.11 Å². The van der Waals surface area contributed by atoms with Crippen molar-refractivity contribution in [2.75, 3.05) is 7.05 Å². The number of hydrogen-bond donors (Lipinski definition) is 1. The lowest BCUT2D eigenvalue weighted by atomic mass is 9.99. The minimum absolute atomic E-state index is 0.0449. The summed E-state index contributed by atoms with van der Waals surface area (Å²) >= 11 is 5.97. The summed E-state index contributed by atoms with van der Waals surface area (Å²) in [6.45, 7) is 5.71. The standard InChI is InChI=1S/C14H20ClNO2/c1-9(14(17)18)10(2)16(4)11(3)12-6-5-7-13(15)8-12/h5-11H,1-4H3,(H,17,18). The summed E-state index contributed by atoms with van der Waals surface area (Å²) < 4.78 is 0. The predicted molar refractivity (Wildman–Crippen MR) is 73.9 cm³/mol. The molecule has 0 heterocycles. The van der Waals surface area contributed by atoms with E-state index in [2.05, 4.69) is 11.8 Å². The summed E-state index contributed by atoms with van der Waals surface area (Å²) in [5.41, 5.74) is 1.09. The minimum Gasteiger partial charge on any atom is -0.481 e. The molecule has 0 aliphatic rings. The molecule has 100 valence electrons. The Morgan fingerprint density at radius 1 is 1.33 bits per heavy atom. The third-order valence-electron chi connectivity index (χ3n) is 3.70. The van der Waals surface area contributed by atoms with Crippen LogP contribution >= 0.6 is 11.6 Å². The van der Waals surface area contributed by atoms with E-state index in [1.54, 1.807) is 6.92 Å². The fourth-order valence-corrected chi connectivity index (χ4v) is 2.11. The quantitative estimate of drug-likeness (QED) is 0.890. The SMILES string of the molecule is CC(C(=O)O)C(C)N(C)C(C)c1cccc(Cl)c1. The van der Waals surface area contributed by atoms with Gasteiger partial charge in [-0.3, -0.25) is 9.69 Å². The average molecular weight is 270 g/mol. The molecule has 3 nitrogen and oxygen atoms in total. The molecule has 0 aliphatic heterocycles. The Morgan fingerprint density at radius 2 is 1.94 bits per heavy atom. The van der Waals surface area contributed by atoms with Gasteiger partial charge >= 0.3 is 5.97 Å². The highest BCUT2D eigenvalue weighted by Crippen LogP contribution is 2.25. The zero-order valence-corrected chi connectivity index (χ0v) is 12.0. The molecular weight excluding hydrogens is 250 g/mol. The van der Waals surface area contributed by atoms with Gasteiger partial charge in [0.15, 0.2) is 0 Å². The fraction of sp³-hybridized carbons (Fsp3) is 0.500. The third-order valence-corrected chi connectivity index (χ3v) is 3.93. The number of hydrogen-bond acceptors (Lipinski definition) is 2. The van der Waals surface area contributed by atoms with Gasteiger partial charge in [-0.2, -0.15) is 0 Å². The number of carboxylic acids is 1. The van der Waals surface area contributed by atoms with Crippen LogP contribution in [0.5, 0.6) is 0 Å². The highest BCUT2D eigenvalue weighted by Gasteiger charge is 2.26. The summed E-state index contributed by atoms with van der Waals surface area (Å²) in [5, 5.41) is 9.75. The first-order chi connectivity index (χ1) is 8.34. The van der Waals surface area contributed by atoms with E-state index >= 15 is 0 Å². The Balaban J connectivity index is 2.83. The Bertz CT molecular complexity index is 422. The lowest BCUT2D eigenvalue weighted by molar-refractivity contribution is -0.143. The minimum atomic E-state index is -0.771. The van der Waals surface area contributed by atoms with Crippen LogP contribution in [0.15, 0.2) is 24.3 Å². The largest absolute Gasteiger partial charge is 0.481 e. The van der Waals surface area contributed by atoms with Crippen LogP contribution in [0.4, 0.5) is 0 Å². The molecule has 0 saturated heterocycles. The summed E-state index contributed by atoms with van der Waals surface area (Å²) in [7, 11) is 1.94. The Labute approximate surface area is 113 Å². The monoisotopic (exact) mass is 269 g/mol. The molecule has 0 fully saturated rings. The first-order valence-corrected chi connectivity index (χ1v) is 6.42. The van der Waals surface area contributed by atoms with E-state index in [1.165, 1.54) is 0 Å². The lowest BCUT2D eigenvalue weighted by Gasteiger charge is -2.33. The highest BCUT2D eigenvalue weighted by molar-refractivity contribution is 6.30. The number of nitrogens with zero attached hydrogens (tertiary/aromatic N) is 1. The summed E-state index contributed by atoms with van der Waals surface area (Å²) in [6, 6.07) is 7.75. The van der Waals surface area contributed by atoms with Crippen molar-refractivity contribution in [3.8, 4) is 0 Å². The predicted octanol–water partition coefficient (Wildman–Crippen LogP) is 3.44. The average Bonchev–Trinajstić information content (AvgIpc) is 2.35. The van der Waals surface area contributed by atoms with Gasteiger partial charge in [0.05, 0.1) is 5.92 Å². The maximum Gasteiger partial charge on any atom is 0.307 e. The van der Waals surface area contributed by atoms with Gasteiger partial charge in [0, 0.05) is 17.1 Å². The van der Waals surface area contributed by atoms with Crippen LogP contribution < -0.4 is 0 Å². The van der Waals surface area contributed by atoms with E-state index in [9.17, 15) is 4.79 Å². The van der Waals surface area contributed by atoms with E-state index < -0.39 is 11.9 Å². The van der Waals surface area contributed by atoms with Crippen LogP contribution in [-0.4, -0.2) is 29.1 Å². The van der Waals surface area contributed by atoms with Gasteiger partial charge in [0.1, 0.15) is 0 Å². The molecule has 18 heavy (non-hydrogen) atoms. The van der Waals surface area contributed by atoms with E-state index in [0.29, 0.717) is 5.02 Å². The third kappa shape index (κ3) is 3.47. The van der Waals surface area contributed by atoms with Gasteiger partial charge in [-0.05, 0) is 38.6 Å². The number of rotatable bonds is 5. The molecular formula is C14H20ClNO2. The van der Waals surface area contributed by atoms with Gasteiger partial charge in [-0.25, -0.2) is 0 Å². The zero-order valence-electron chi connectivity index (χ0n) is 11.2. The van der Waals surface area contributed by atoms with Crippen LogP contribution in [0, 0.1) is 5.92 Å². The second-order valence-electron chi connectivity index (χ2n) is 4.76. The molecule has 3 atom stereocenters. The molecule has 1 aromatic rings. The molecule has 0 aliphatic carbocycles. The number of benzene rings is 1. The van der Waals surface area contributed by atoms with Gasteiger partial charge in [-0.15, -0.1) is 0 Å². The molecule has 0 amide bonds. The maximum atomic E-state index is 11.0. The normalized spacial score (nSPS) is 16.3.